The second kappa shape index (κ2) is 9.05. The van der Waals surface area contributed by atoms with Crippen LogP contribution >= 0.6 is 11.6 Å². The molecular formula is C16H20ClNO5. The minimum atomic E-state index is -1.25. The molecule has 1 aromatic rings. The van der Waals surface area contributed by atoms with Crippen LogP contribution in [0.25, 0.3) is 6.08 Å². The third kappa shape index (κ3) is 5.83. The summed E-state index contributed by atoms with van der Waals surface area (Å²) in [6, 6.07) is 3.15. The number of nitrogens with one attached hydrogen (secondary N) is 1. The van der Waals surface area contributed by atoms with E-state index < -0.39 is 11.9 Å². The largest absolute Gasteiger partial charge is 0.493 e. The highest BCUT2D eigenvalue weighted by atomic mass is 35.5. The van der Waals surface area contributed by atoms with Crippen molar-refractivity contribution in [2.24, 2.45) is 0 Å². The van der Waals surface area contributed by atoms with Gasteiger partial charge in [0.15, 0.2) is 11.5 Å². The summed E-state index contributed by atoms with van der Waals surface area (Å²) in [5, 5.41) is 11.7. The Balaban J connectivity index is 3.16. The summed E-state index contributed by atoms with van der Waals surface area (Å²) in [7, 11) is 1.47. The normalized spacial score (nSPS) is 11.0. The average molecular weight is 342 g/mol. The average Bonchev–Trinajstić information content (AvgIpc) is 2.47. The Bertz CT molecular complexity index is 613. The zero-order chi connectivity index (χ0) is 17.4. The maximum absolute atomic E-state index is 11.1. The van der Waals surface area contributed by atoms with Gasteiger partial charge in [0.1, 0.15) is 5.70 Å². The molecule has 1 amide bonds. The molecule has 126 valence electrons. The predicted octanol–water partition coefficient (Wildman–Crippen LogP) is 3.09. The lowest BCUT2D eigenvalue weighted by molar-refractivity contribution is -0.134. The van der Waals surface area contributed by atoms with Crippen LogP contribution in [0.5, 0.6) is 11.5 Å². The number of carbonyl (C=O) groups excluding carboxylic acids is 1. The molecule has 0 saturated heterocycles. The van der Waals surface area contributed by atoms with Gasteiger partial charge in [0.05, 0.1) is 18.7 Å². The maximum Gasteiger partial charge on any atom is 0.352 e. The second-order valence-electron chi connectivity index (χ2n) is 4.78. The smallest absolute Gasteiger partial charge is 0.352 e. The Hall–Kier alpha value is -2.21. The Morgan fingerprint density at radius 1 is 1.39 bits per heavy atom. The molecule has 0 fully saturated rings. The summed E-state index contributed by atoms with van der Waals surface area (Å²) in [4.78, 5) is 22.2. The first-order valence-electron chi connectivity index (χ1n) is 7.12. The Morgan fingerprint density at radius 3 is 2.61 bits per heavy atom. The molecular weight excluding hydrogens is 322 g/mol. The number of rotatable bonds is 8. The van der Waals surface area contributed by atoms with Gasteiger partial charge in [-0.25, -0.2) is 4.79 Å². The lowest BCUT2D eigenvalue weighted by Gasteiger charge is -2.13. The molecule has 0 unspecified atom stereocenters. The standard InChI is InChI=1S/C16H20ClNO5/c1-4-5-6-23-15-12(17)7-11(9-14(15)22-3)8-13(16(20)21)18-10(2)19/h7-9H,4-6H2,1-3H3,(H,18,19)(H,20,21). The summed E-state index contributed by atoms with van der Waals surface area (Å²) in [6.45, 7) is 3.79. The van der Waals surface area contributed by atoms with E-state index >= 15 is 0 Å². The van der Waals surface area contributed by atoms with Crippen LogP contribution in [0.1, 0.15) is 32.3 Å². The number of ether oxygens (including phenoxy) is 2. The van der Waals surface area contributed by atoms with Gasteiger partial charge in [0, 0.05) is 6.92 Å². The van der Waals surface area contributed by atoms with E-state index in [0.717, 1.165) is 12.8 Å². The van der Waals surface area contributed by atoms with Crippen molar-refractivity contribution < 1.29 is 24.2 Å². The summed E-state index contributed by atoms with van der Waals surface area (Å²) in [5.41, 5.74) is 0.219. The summed E-state index contributed by atoms with van der Waals surface area (Å²) < 4.78 is 10.9. The van der Waals surface area contributed by atoms with Crippen molar-refractivity contribution in [1.29, 1.82) is 0 Å². The van der Waals surface area contributed by atoms with Crippen LogP contribution in [0.4, 0.5) is 0 Å². The fourth-order valence-electron chi connectivity index (χ4n) is 1.79. The highest BCUT2D eigenvalue weighted by molar-refractivity contribution is 6.32. The molecule has 0 radical (unpaired) electrons. The van der Waals surface area contributed by atoms with Gasteiger partial charge < -0.3 is 19.9 Å². The number of halogens is 1. The van der Waals surface area contributed by atoms with Gasteiger partial charge in [-0.3, -0.25) is 4.79 Å². The van der Waals surface area contributed by atoms with E-state index in [4.69, 9.17) is 26.2 Å². The van der Waals surface area contributed by atoms with Gasteiger partial charge in [0.25, 0.3) is 0 Å². The minimum absolute atomic E-state index is 0.254. The maximum atomic E-state index is 11.1. The zero-order valence-corrected chi connectivity index (χ0v) is 14.1. The van der Waals surface area contributed by atoms with Crippen molar-refractivity contribution in [1.82, 2.24) is 5.32 Å². The minimum Gasteiger partial charge on any atom is -0.493 e. The number of carboxylic acids is 1. The number of unbranched alkanes of at least 4 members (excludes halogenated alkanes) is 1. The number of hydrogen-bond acceptors (Lipinski definition) is 4. The Kier molecular flexibility index (Phi) is 7.41. The van der Waals surface area contributed by atoms with Crippen LogP contribution in [0, 0.1) is 0 Å². The van der Waals surface area contributed by atoms with E-state index in [1.165, 1.54) is 20.1 Å². The van der Waals surface area contributed by atoms with Gasteiger partial charge in [-0.15, -0.1) is 0 Å². The van der Waals surface area contributed by atoms with Crippen molar-refractivity contribution in [3.63, 3.8) is 0 Å². The topological polar surface area (TPSA) is 84.9 Å². The van der Waals surface area contributed by atoms with Gasteiger partial charge in [0.2, 0.25) is 5.91 Å². The first-order chi connectivity index (χ1) is 10.9. The van der Waals surface area contributed by atoms with E-state index in [0.29, 0.717) is 28.7 Å². The van der Waals surface area contributed by atoms with Gasteiger partial charge in [-0.2, -0.15) is 0 Å². The van der Waals surface area contributed by atoms with Gasteiger partial charge in [-0.1, -0.05) is 24.9 Å². The molecule has 1 aromatic carbocycles. The number of carboxylic acid groups (broad SMARTS) is 1. The molecule has 0 aliphatic rings. The van der Waals surface area contributed by atoms with Gasteiger partial charge in [-0.05, 0) is 30.2 Å². The fraction of sp³-hybridized carbons (Fsp3) is 0.375. The molecule has 0 atom stereocenters. The third-order valence-electron chi connectivity index (χ3n) is 2.85. The Morgan fingerprint density at radius 2 is 2.09 bits per heavy atom. The van der Waals surface area contributed by atoms with E-state index in [2.05, 4.69) is 5.32 Å². The third-order valence-corrected chi connectivity index (χ3v) is 3.13. The summed E-state index contributed by atoms with van der Waals surface area (Å²) in [5.74, 6) is -0.918. The molecule has 0 saturated carbocycles. The van der Waals surface area contributed by atoms with Crippen molar-refractivity contribution in [2.45, 2.75) is 26.7 Å². The number of hydrogen-bond donors (Lipinski definition) is 2. The molecule has 7 heteroatoms. The molecule has 0 aliphatic heterocycles. The van der Waals surface area contributed by atoms with Crippen LogP contribution in [-0.4, -0.2) is 30.7 Å². The number of amides is 1. The number of aliphatic carboxylic acids is 1. The highest BCUT2D eigenvalue weighted by Gasteiger charge is 2.14. The van der Waals surface area contributed by atoms with Crippen LogP contribution < -0.4 is 14.8 Å². The molecule has 0 aliphatic carbocycles. The molecule has 23 heavy (non-hydrogen) atoms. The Labute approximate surface area is 140 Å². The quantitative estimate of drug-likeness (QED) is 0.560. The zero-order valence-electron chi connectivity index (χ0n) is 13.3. The molecule has 0 heterocycles. The predicted molar refractivity (Wildman–Crippen MR) is 87.8 cm³/mol. The van der Waals surface area contributed by atoms with Crippen LogP contribution in [-0.2, 0) is 9.59 Å². The van der Waals surface area contributed by atoms with E-state index in [1.54, 1.807) is 12.1 Å². The summed E-state index contributed by atoms with van der Waals surface area (Å²) >= 11 is 6.19. The van der Waals surface area contributed by atoms with Crippen LogP contribution in [0.15, 0.2) is 17.8 Å². The first kappa shape index (κ1) is 18.8. The fourth-order valence-corrected chi connectivity index (χ4v) is 2.06. The van der Waals surface area contributed by atoms with Gasteiger partial charge >= 0.3 is 5.97 Å². The molecule has 6 nitrogen and oxygen atoms in total. The monoisotopic (exact) mass is 341 g/mol. The van der Waals surface area contributed by atoms with Crippen molar-refractivity contribution in [2.75, 3.05) is 13.7 Å². The van der Waals surface area contributed by atoms with Crippen LogP contribution in [0.3, 0.4) is 0 Å². The number of carbonyl (C=O) groups is 2. The molecule has 0 bridgehead atoms. The second-order valence-corrected chi connectivity index (χ2v) is 5.19. The van der Waals surface area contributed by atoms with E-state index in [9.17, 15) is 9.59 Å². The SMILES string of the molecule is CCCCOc1c(Cl)cc(C=C(NC(C)=O)C(=O)O)cc1OC. The lowest BCUT2D eigenvalue weighted by atomic mass is 10.1. The lowest BCUT2D eigenvalue weighted by Crippen LogP contribution is -2.24. The molecule has 2 N–H and O–H groups in total. The molecule has 1 rings (SSSR count). The van der Waals surface area contributed by atoms with Crippen LogP contribution in [0.2, 0.25) is 5.02 Å². The van der Waals surface area contributed by atoms with E-state index in [-0.39, 0.29) is 5.70 Å². The van der Waals surface area contributed by atoms with Crippen molar-refractivity contribution >= 4 is 29.6 Å². The molecule has 0 aromatic heterocycles. The molecule has 0 spiro atoms. The van der Waals surface area contributed by atoms with Crippen molar-refractivity contribution in [3.05, 3.63) is 28.4 Å². The number of methoxy groups -OCH3 is 1. The summed E-state index contributed by atoms with van der Waals surface area (Å²) in [6.07, 6.45) is 3.17. The highest BCUT2D eigenvalue weighted by Crippen LogP contribution is 2.37. The van der Waals surface area contributed by atoms with Crippen molar-refractivity contribution in [3.8, 4) is 11.5 Å². The van der Waals surface area contributed by atoms with E-state index in [1.807, 2.05) is 6.92 Å². The number of benzene rings is 1. The first-order valence-corrected chi connectivity index (χ1v) is 7.49.